The topological polar surface area (TPSA) is 88.3 Å². The molecule has 2 unspecified atom stereocenters. The van der Waals surface area contributed by atoms with Crippen LogP contribution in [0, 0.1) is 5.92 Å². The van der Waals surface area contributed by atoms with E-state index in [2.05, 4.69) is 26.8 Å². The maximum atomic E-state index is 12.9. The smallest absolute Gasteiger partial charge is 0.331 e. The first kappa shape index (κ1) is 28.5. The molecule has 2 aliphatic heterocycles. The molecule has 3 fully saturated rings. The molecule has 1 aromatic rings. The first-order valence-corrected chi connectivity index (χ1v) is 13.4. The minimum atomic E-state index is -0.438. The van der Waals surface area contributed by atoms with Crippen LogP contribution in [0.1, 0.15) is 59.4 Å². The van der Waals surface area contributed by atoms with Crippen LogP contribution < -0.4 is 14.2 Å². The number of benzene rings is 1. The Balaban J connectivity index is 1.47. The summed E-state index contributed by atoms with van der Waals surface area (Å²) < 4.78 is 41.0. The van der Waals surface area contributed by atoms with Gasteiger partial charge in [0.1, 0.15) is 23.4 Å². The van der Waals surface area contributed by atoms with Gasteiger partial charge in [-0.3, -0.25) is 0 Å². The number of allylic oxidation sites excluding steroid dienone is 1. The van der Waals surface area contributed by atoms with Crippen LogP contribution in [0.4, 0.5) is 0 Å². The largest absolute Gasteiger partial charge is 0.493 e. The second-order valence-electron chi connectivity index (χ2n) is 11.1. The van der Waals surface area contributed by atoms with Gasteiger partial charge in [0.05, 0.1) is 39.0 Å². The van der Waals surface area contributed by atoms with Crippen LogP contribution in [0.25, 0.3) is 6.08 Å². The Morgan fingerprint density at radius 3 is 2.34 bits per heavy atom. The monoisotopic (exact) mass is 530 g/mol. The zero-order valence-electron chi connectivity index (χ0n) is 23.9. The van der Waals surface area contributed by atoms with Crippen molar-refractivity contribution in [3.8, 4) is 17.2 Å². The molecule has 2 saturated heterocycles. The number of epoxide rings is 2. The van der Waals surface area contributed by atoms with Gasteiger partial charge in [-0.1, -0.05) is 11.6 Å². The molecule has 1 aromatic carbocycles. The molecular formula is C30H42O8. The van der Waals surface area contributed by atoms with E-state index in [9.17, 15) is 4.79 Å². The molecule has 38 heavy (non-hydrogen) atoms. The van der Waals surface area contributed by atoms with E-state index in [1.165, 1.54) is 11.6 Å². The minimum absolute atomic E-state index is 0.0203. The van der Waals surface area contributed by atoms with E-state index >= 15 is 0 Å². The number of ether oxygens (including phenoxy) is 7. The molecule has 210 valence electrons. The highest BCUT2D eigenvalue weighted by Crippen LogP contribution is 2.59. The van der Waals surface area contributed by atoms with Crippen LogP contribution in [0.2, 0.25) is 0 Å². The van der Waals surface area contributed by atoms with Crippen LogP contribution in [0.15, 0.2) is 29.9 Å². The number of methoxy groups -OCH3 is 3. The van der Waals surface area contributed by atoms with Crippen molar-refractivity contribution in [2.24, 2.45) is 5.92 Å². The number of hydrogen-bond acceptors (Lipinski definition) is 8. The number of carbonyl (C=O) groups is 1. The summed E-state index contributed by atoms with van der Waals surface area (Å²) in [5.41, 5.74) is 1.35. The van der Waals surface area contributed by atoms with Crippen molar-refractivity contribution < 1.29 is 38.0 Å². The Kier molecular flexibility index (Phi) is 8.45. The normalized spacial score (nSPS) is 31.8. The van der Waals surface area contributed by atoms with Gasteiger partial charge in [-0.15, -0.1) is 0 Å². The molecule has 4 rings (SSSR count). The standard InChI is InChI=1S/C30H42O8/c1-18(2)9-11-24-29(5,38-24)28-27(34-8)21(13-14-30(28)17-35-30)37-25(31)12-10-20-15-22(32-6)26(36-19(3)4)23(16-20)33-7/h9-10,12,15-16,19,21,24,27-28H,11,13-14,17H2,1-8H3/b12-10+/t21?,24-,27+,28+,29?,30-/m0/s1. The number of esters is 1. The Morgan fingerprint density at radius 1 is 1.16 bits per heavy atom. The first-order chi connectivity index (χ1) is 18.1. The van der Waals surface area contributed by atoms with E-state index in [0.717, 1.165) is 18.4 Å². The molecule has 1 saturated carbocycles. The summed E-state index contributed by atoms with van der Waals surface area (Å²) in [6.45, 7) is 10.9. The van der Waals surface area contributed by atoms with Gasteiger partial charge >= 0.3 is 5.97 Å². The van der Waals surface area contributed by atoms with Crippen molar-refractivity contribution >= 4 is 12.0 Å². The molecule has 0 amide bonds. The lowest BCUT2D eigenvalue weighted by Crippen LogP contribution is -2.55. The van der Waals surface area contributed by atoms with Crippen molar-refractivity contribution in [2.45, 2.75) is 89.5 Å². The van der Waals surface area contributed by atoms with E-state index in [1.807, 2.05) is 13.8 Å². The first-order valence-electron chi connectivity index (χ1n) is 13.4. The minimum Gasteiger partial charge on any atom is -0.493 e. The predicted octanol–water partition coefficient (Wildman–Crippen LogP) is 5.12. The molecule has 8 heteroatoms. The fourth-order valence-electron chi connectivity index (χ4n) is 5.77. The maximum absolute atomic E-state index is 12.9. The van der Waals surface area contributed by atoms with Crippen LogP contribution in [-0.4, -0.2) is 69.5 Å². The Morgan fingerprint density at radius 2 is 1.82 bits per heavy atom. The molecule has 0 aromatic heterocycles. The lowest BCUT2D eigenvalue weighted by atomic mass is 9.68. The Bertz CT molecular complexity index is 1040. The highest BCUT2D eigenvalue weighted by atomic mass is 16.6. The third-order valence-corrected chi connectivity index (χ3v) is 7.75. The van der Waals surface area contributed by atoms with Crippen molar-refractivity contribution in [1.29, 1.82) is 0 Å². The summed E-state index contributed by atoms with van der Waals surface area (Å²) in [5.74, 6) is 1.11. The van der Waals surface area contributed by atoms with Gasteiger partial charge in [0.15, 0.2) is 11.5 Å². The molecule has 6 atom stereocenters. The van der Waals surface area contributed by atoms with E-state index in [4.69, 9.17) is 33.2 Å². The highest BCUT2D eigenvalue weighted by molar-refractivity contribution is 5.87. The summed E-state index contributed by atoms with van der Waals surface area (Å²) in [5, 5.41) is 0. The average Bonchev–Trinajstić information content (AvgIpc) is 3.79. The summed E-state index contributed by atoms with van der Waals surface area (Å²) >= 11 is 0. The van der Waals surface area contributed by atoms with Crippen molar-refractivity contribution in [2.75, 3.05) is 27.9 Å². The van der Waals surface area contributed by atoms with Crippen LogP contribution in [0.5, 0.6) is 17.2 Å². The number of carbonyl (C=O) groups excluding carboxylic acids is 1. The van der Waals surface area contributed by atoms with Gasteiger partial charge in [0, 0.05) is 13.2 Å². The van der Waals surface area contributed by atoms with Crippen LogP contribution in [-0.2, 0) is 23.7 Å². The van der Waals surface area contributed by atoms with Gasteiger partial charge in [-0.05, 0) is 77.7 Å². The molecule has 2 heterocycles. The van der Waals surface area contributed by atoms with Crippen molar-refractivity contribution in [3.05, 3.63) is 35.4 Å². The molecule has 1 aliphatic carbocycles. The fourth-order valence-corrected chi connectivity index (χ4v) is 5.77. The lowest BCUT2D eigenvalue weighted by Gasteiger charge is -2.42. The Labute approximate surface area is 226 Å². The summed E-state index contributed by atoms with van der Waals surface area (Å²) in [6, 6.07) is 3.59. The third kappa shape index (κ3) is 5.87. The van der Waals surface area contributed by atoms with Gasteiger partial charge in [-0.2, -0.15) is 0 Å². The SMILES string of the molecule is COc1cc(/C=C/C(=O)OC2CC[C@]3(CO3)[C@@H](C3(C)O[C@H]3CC=C(C)C)[C@@H]2OC)cc(OC)c1OC(C)C. The molecule has 0 radical (unpaired) electrons. The van der Waals surface area contributed by atoms with Crippen LogP contribution >= 0.6 is 0 Å². The summed E-state index contributed by atoms with van der Waals surface area (Å²) in [4.78, 5) is 12.9. The third-order valence-electron chi connectivity index (χ3n) is 7.75. The summed E-state index contributed by atoms with van der Waals surface area (Å²) in [7, 11) is 4.81. The second kappa shape index (κ2) is 11.3. The van der Waals surface area contributed by atoms with Gasteiger partial charge in [-0.25, -0.2) is 4.79 Å². The fraction of sp³-hybridized carbons (Fsp3) is 0.633. The molecule has 0 bridgehead atoms. The van der Waals surface area contributed by atoms with Gasteiger partial charge in [0.25, 0.3) is 0 Å². The predicted molar refractivity (Wildman–Crippen MR) is 144 cm³/mol. The quantitative estimate of drug-likeness (QED) is 0.169. The molecule has 0 N–H and O–H groups in total. The maximum Gasteiger partial charge on any atom is 0.331 e. The van der Waals surface area contributed by atoms with Crippen molar-refractivity contribution in [3.63, 3.8) is 0 Å². The van der Waals surface area contributed by atoms with E-state index in [-0.39, 0.29) is 35.4 Å². The zero-order chi connectivity index (χ0) is 27.7. The van der Waals surface area contributed by atoms with Gasteiger partial charge < -0.3 is 33.2 Å². The van der Waals surface area contributed by atoms with Crippen LogP contribution in [0.3, 0.4) is 0 Å². The highest BCUT2D eigenvalue weighted by Gasteiger charge is 2.72. The Hall–Kier alpha value is -2.55. The van der Waals surface area contributed by atoms with Gasteiger partial charge in [0.2, 0.25) is 5.75 Å². The molecule has 1 spiro atoms. The number of rotatable bonds is 11. The van der Waals surface area contributed by atoms with Crippen molar-refractivity contribution in [1.82, 2.24) is 0 Å². The molecule has 3 aliphatic rings. The van der Waals surface area contributed by atoms with E-state index in [1.54, 1.807) is 39.5 Å². The summed E-state index contributed by atoms with van der Waals surface area (Å²) in [6.07, 6.45) is 6.97. The van der Waals surface area contributed by atoms with E-state index in [0.29, 0.717) is 30.3 Å². The number of hydrogen-bond donors (Lipinski definition) is 0. The lowest BCUT2D eigenvalue weighted by molar-refractivity contribution is -0.166. The molecule has 8 nitrogen and oxygen atoms in total. The average molecular weight is 531 g/mol. The molecular weight excluding hydrogens is 488 g/mol. The zero-order valence-corrected chi connectivity index (χ0v) is 23.9. The second-order valence-corrected chi connectivity index (χ2v) is 11.1. The van der Waals surface area contributed by atoms with E-state index < -0.39 is 12.1 Å².